The standard InChI is InChI=1S/C11H22N2S.2ClH/c1-2-6-13(7-3-1)9-11-10-14-8-4-5-12-11;;/h11-12H,1-10H2;2*1H. The van der Waals surface area contributed by atoms with Crippen molar-refractivity contribution in [1.29, 1.82) is 0 Å². The summed E-state index contributed by atoms with van der Waals surface area (Å²) in [5, 5.41) is 3.67. The summed E-state index contributed by atoms with van der Waals surface area (Å²) in [6.45, 7) is 5.18. The van der Waals surface area contributed by atoms with E-state index in [-0.39, 0.29) is 24.8 Å². The van der Waals surface area contributed by atoms with Gasteiger partial charge in [0.15, 0.2) is 0 Å². The average Bonchev–Trinajstić information content (AvgIpc) is 2.48. The van der Waals surface area contributed by atoms with E-state index in [0.29, 0.717) is 0 Å². The van der Waals surface area contributed by atoms with E-state index in [9.17, 15) is 0 Å². The molecule has 2 heterocycles. The molecule has 2 rings (SSSR count). The Hall–Kier alpha value is 0.850. The lowest BCUT2D eigenvalue weighted by Gasteiger charge is -2.30. The van der Waals surface area contributed by atoms with Crippen LogP contribution in [0, 0.1) is 0 Å². The number of rotatable bonds is 2. The molecule has 0 aromatic carbocycles. The van der Waals surface area contributed by atoms with E-state index in [1.54, 1.807) is 0 Å². The van der Waals surface area contributed by atoms with Gasteiger partial charge in [-0.2, -0.15) is 11.8 Å². The van der Waals surface area contributed by atoms with Gasteiger partial charge >= 0.3 is 0 Å². The van der Waals surface area contributed by atoms with Gasteiger partial charge in [0.25, 0.3) is 0 Å². The van der Waals surface area contributed by atoms with E-state index in [4.69, 9.17) is 0 Å². The predicted molar refractivity (Wildman–Crippen MR) is 78.5 cm³/mol. The maximum absolute atomic E-state index is 3.67. The minimum Gasteiger partial charge on any atom is -0.312 e. The minimum atomic E-state index is 0. The number of piperidine rings is 1. The van der Waals surface area contributed by atoms with Crippen molar-refractivity contribution in [3.8, 4) is 0 Å². The van der Waals surface area contributed by atoms with Crippen LogP contribution in [-0.4, -0.2) is 48.6 Å². The zero-order chi connectivity index (χ0) is 9.64. The molecule has 2 aliphatic heterocycles. The molecule has 2 aliphatic rings. The molecular weight excluding hydrogens is 263 g/mol. The summed E-state index contributed by atoms with van der Waals surface area (Å²) in [6, 6.07) is 0.751. The summed E-state index contributed by atoms with van der Waals surface area (Å²) in [7, 11) is 0. The summed E-state index contributed by atoms with van der Waals surface area (Å²) in [5.74, 6) is 2.67. The first-order chi connectivity index (χ1) is 6.95. The van der Waals surface area contributed by atoms with Crippen molar-refractivity contribution in [2.24, 2.45) is 0 Å². The van der Waals surface area contributed by atoms with Crippen LogP contribution in [0.5, 0.6) is 0 Å². The first kappa shape index (κ1) is 16.9. The van der Waals surface area contributed by atoms with Crippen LogP contribution in [0.25, 0.3) is 0 Å². The van der Waals surface area contributed by atoms with Crippen molar-refractivity contribution in [2.45, 2.75) is 31.7 Å². The highest BCUT2D eigenvalue weighted by Crippen LogP contribution is 2.13. The molecule has 0 saturated carbocycles. The van der Waals surface area contributed by atoms with Gasteiger partial charge in [-0.1, -0.05) is 6.42 Å². The van der Waals surface area contributed by atoms with Crippen LogP contribution in [0.15, 0.2) is 0 Å². The molecule has 0 aliphatic carbocycles. The largest absolute Gasteiger partial charge is 0.312 e. The van der Waals surface area contributed by atoms with Crippen LogP contribution >= 0.6 is 36.6 Å². The molecule has 1 unspecified atom stereocenters. The normalized spacial score (nSPS) is 27.4. The lowest BCUT2D eigenvalue weighted by atomic mass is 10.1. The number of likely N-dealkylation sites (tertiary alicyclic amines) is 1. The summed E-state index contributed by atoms with van der Waals surface area (Å²) in [5.41, 5.74) is 0. The fourth-order valence-electron chi connectivity index (χ4n) is 2.34. The van der Waals surface area contributed by atoms with Crippen molar-refractivity contribution in [3.05, 3.63) is 0 Å². The van der Waals surface area contributed by atoms with Crippen molar-refractivity contribution >= 4 is 36.6 Å². The van der Waals surface area contributed by atoms with E-state index in [1.165, 1.54) is 63.4 Å². The zero-order valence-electron chi connectivity index (χ0n) is 9.82. The van der Waals surface area contributed by atoms with Gasteiger partial charge in [-0.15, -0.1) is 24.8 Å². The number of hydrogen-bond donors (Lipinski definition) is 1. The topological polar surface area (TPSA) is 15.3 Å². The second-order valence-corrected chi connectivity index (χ2v) is 5.59. The Labute approximate surface area is 116 Å². The molecule has 0 amide bonds. The van der Waals surface area contributed by atoms with Crippen molar-refractivity contribution < 1.29 is 0 Å². The quantitative estimate of drug-likeness (QED) is 0.839. The highest BCUT2D eigenvalue weighted by molar-refractivity contribution is 7.99. The average molecular weight is 287 g/mol. The van der Waals surface area contributed by atoms with Crippen molar-refractivity contribution in [2.75, 3.05) is 37.7 Å². The first-order valence-corrected chi connectivity index (χ1v) is 7.14. The van der Waals surface area contributed by atoms with Crippen LogP contribution in [0.4, 0.5) is 0 Å². The molecular formula is C11H24Cl2N2S. The first-order valence-electron chi connectivity index (χ1n) is 5.98. The predicted octanol–water partition coefficient (Wildman–Crippen LogP) is 2.41. The molecule has 1 atom stereocenters. The number of halogens is 2. The van der Waals surface area contributed by atoms with E-state index in [0.717, 1.165) is 6.04 Å². The van der Waals surface area contributed by atoms with Gasteiger partial charge in [-0.25, -0.2) is 0 Å². The van der Waals surface area contributed by atoms with E-state index >= 15 is 0 Å². The number of nitrogens with zero attached hydrogens (tertiary/aromatic N) is 1. The van der Waals surface area contributed by atoms with Crippen LogP contribution < -0.4 is 5.32 Å². The number of hydrogen-bond acceptors (Lipinski definition) is 3. The molecule has 0 aromatic rings. The fraction of sp³-hybridized carbons (Fsp3) is 1.00. The molecule has 16 heavy (non-hydrogen) atoms. The highest BCUT2D eigenvalue weighted by atomic mass is 35.5. The molecule has 2 saturated heterocycles. The molecule has 2 fully saturated rings. The second-order valence-electron chi connectivity index (χ2n) is 4.44. The molecule has 0 spiro atoms. The lowest BCUT2D eigenvalue weighted by molar-refractivity contribution is 0.211. The van der Waals surface area contributed by atoms with Gasteiger partial charge in [-0.05, 0) is 44.6 Å². The van der Waals surface area contributed by atoms with E-state index < -0.39 is 0 Å². The monoisotopic (exact) mass is 286 g/mol. The summed E-state index contributed by atoms with van der Waals surface area (Å²) in [4.78, 5) is 2.65. The lowest BCUT2D eigenvalue weighted by Crippen LogP contribution is -2.44. The Morgan fingerprint density at radius 1 is 1.06 bits per heavy atom. The van der Waals surface area contributed by atoms with Crippen LogP contribution in [0.2, 0.25) is 0 Å². The fourth-order valence-corrected chi connectivity index (χ4v) is 3.36. The van der Waals surface area contributed by atoms with E-state index in [2.05, 4.69) is 22.0 Å². The summed E-state index contributed by atoms with van der Waals surface area (Å²) in [6.07, 6.45) is 5.63. The third kappa shape index (κ3) is 5.97. The van der Waals surface area contributed by atoms with E-state index in [1.807, 2.05) is 0 Å². The third-order valence-corrected chi connectivity index (χ3v) is 4.36. The summed E-state index contributed by atoms with van der Waals surface area (Å²) < 4.78 is 0. The Balaban J connectivity index is 0.00000112. The van der Waals surface area contributed by atoms with Gasteiger partial charge in [-0.3, -0.25) is 0 Å². The van der Waals surface area contributed by atoms with Crippen LogP contribution in [0.3, 0.4) is 0 Å². The molecule has 2 nitrogen and oxygen atoms in total. The number of nitrogens with one attached hydrogen (secondary N) is 1. The Morgan fingerprint density at radius 3 is 2.56 bits per heavy atom. The maximum atomic E-state index is 3.67. The Kier molecular flexibility index (Phi) is 10.4. The van der Waals surface area contributed by atoms with Gasteiger partial charge in [0, 0.05) is 18.3 Å². The van der Waals surface area contributed by atoms with Gasteiger partial charge in [0.1, 0.15) is 0 Å². The number of thioether (sulfide) groups is 1. The third-order valence-electron chi connectivity index (χ3n) is 3.14. The molecule has 98 valence electrons. The van der Waals surface area contributed by atoms with Crippen molar-refractivity contribution in [1.82, 2.24) is 10.2 Å². The molecule has 1 N–H and O–H groups in total. The minimum absolute atomic E-state index is 0. The highest BCUT2D eigenvalue weighted by Gasteiger charge is 2.17. The van der Waals surface area contributed by atoms with Crippen molar-refractivity contribution in [3.63, 3.8) is 0 Å². The van der Waals surface area contributed by atoms with Gasteiger partial charge in [0.2, 0.25) is 0 Å². The Bertz CT molecular complexity index is 158. The molecule has 0 bridgehead atoms. The van der Waals surface area contributed by atoms with Crippen LogP contribution in [0.1, 0.15) is 25.7 Å². The second kappa shape index (κ2) is 9.84. The molecule has 5 heteroatoms. The van der Waals surface area contributed by atoms with Gasteiger partial charge in [0.05, 0.1) is 0 Å². The molecule has 0 aromatic heterocycles. The SMILES string of the molecule is C1CCN(CC2CSCCCN2)CC1.Cl.Cl. The maximum Gasteiger partial charge on any atom is 0.0285 e. The van der Waals surface area contributed by atoms with Crippen LogP contribution in [-0.2, 0) is 0 Å². The Morgan fingerprint density at radius 2 is 1.81 bits per heavy atom. The summed E-state index contributed by atoms with van der Waals surface area (Å²) >= 11 is 2.12. The van der Waals surface area contributed by atoms with Gasteiger partial charge < -0.3 is 10.2 Å². The smallest absolute Gasteiger partial charge is 0.0285 e. The molecule has 0 radical (unpaired) electrons. The zero-order valence-corrected chi connectivity index (χ0v) is 12.3.